The van der Waals surface area contributed by atoms with Crippen LogP contribution < -0.4 is 0 Å². The van der Waals surface area contributed by atoms with Crippen LogP contribution in [-0.2, 0) is 12.8 Å². The van der Waals surface area contributed by atoms with Crippen molar-refractivity contribution in [1.29, 1.82) is 0 Å². The highest BCUT2D eigenvalue weighted by Crippen LogP contribution is 2.35. The maximum Gasteiger partial charge on any atom is 0.142 e. The summed E-state index contributed by atoms with van der Waals surface area (Å²) in [6, 6.07) is 3.76. The van der Waals surface area contributed by atoms with Crippen molar-refractivity contribution in [2.24, 2.45) is 7.05 Å². The summed E-state index contributed by atoms with van der Waals surface area (Å²) in [5, 5.41) is 8.07. The van der Waals surface area contributed by atoms with Crippen molar-refractivity contribution in [3.05, 3.63) is 47.0 Å². The van der Waals surface area contributed by atoms with E-state index in [0.29, 0.717) is 11.3 Å². The zero-order valence-electron chi connectivity index (χ0n) is 11.7. The Morgan fingerprint density at radius 2 is 2.05 bits per heavy atom. The number of aryl methyl sites for hydroxylation is 1. The van der Waals surface area contributed by atoms with Gasteiger partial charge in [-0.15, -0.1) is 22.0 Å². The van der Waals surface area contributed by atoms with Crippen molar-refractivity contribution in [3.8, 4) is 0 Å². The number of halogens is 2. The zero-order valence-corrected chi connectivity index (χ0v) is 12.5. The monoisotopic (exact) mass is 297 g/mol. The highest BCUT2D eigenvalue weighted by Gasteiger charge is 2.16. The fraction of sp³-hybridized carbons (Fsp3) is 0.429. The first kappa shape index (κ1) is 15.0. The molecule has 0 aliphatic carbocycles. The van der Waals surface area contributed by atoms with E-state index in [1.165, 1.54) is 12.1 Å². The smallest absolute Gasteiger partial charge is 0.142 e. The van der Waals surface area contributed by atoms with Crippen molar-refractivity contribution in [2.75, 3.05) is 0 Å². The van der Waals surface area contributed by atoms with Crippen LogP contribution in [0, 0.1) is 18.6 Å². The Bertz CT molecular complexity index is 598. The lowest BCUT2D eigenvalue weighted by Gasteiger charge is -2.15. The van der Waals surface area contributed by atoms with E-state index in [2.05, 4.69) is 10.2 Å². The van der Waals surface area contributed by atoms with Crippen molar-refractivity contribution in [3.63, 3.8) is 0 Å². The van der Waals surface area contributed by atoms with E-state index in [1.807, 2.05) is 25.5 Å². The predicted octanol–water partition coefficient (Wildman–Crippen LogP) is 3.79. The number of rotatable bonds is 5. The summed E-state index contributed by atoms with van der Waals surface area (Å²) < 4.78 is 28.7. The normalized spacial score (nSPS) is 12.7. The van der Waals surface area contributed by atoms with Crippen molar-refractivity contribution in [1.82, 2.24) is 14.8 Å². The minimum absolute atomic E-state index is 0.0207. The second-order valence-corrected chi connectivity index (χ2v) is 5.79. The molecule has 0 N–H and O–H groups in total. The van der Waals surface area contributed by atoms with E-state index in [1.54, 1.807) is 11.8 Å². The van der Waals surface area contributed by atoms with Crippen molar-refractivity contribution >= 4 is 11.8 Å². The van der Waals surface area contributed by atoms with Gasteiger partial charge in [0, 0.05) is 23.9 Å². The zero-order chi connectivity index (χ0) is 14.7. The van der Waals surface area contributed by atoms with Gasteiger partial charge in [-0.25, -0.2) is 8.78 Å². The van der Waals surface area contributed by atoms with Crippen LogP contribution >= 0.6 is 11.8 Å². The minimum atomic E-state index is -0.546. The van der Waals surface area contributed by atoms with Crippen LogP contribution in [0.4, 0.5) is 8.78 Å². The lowest BCUT2D eigenvalue weighted by molar-refractivity contribution is 0.569. The summed E-state index contributed by atoms with van der Waals surface area (Å²) in [7, 11) is 1.91. The number of thioether (sulfide) groups is 1. The third-order valence-electron chi connectivity index (χ3n) is 3.28. The fourth-order valence-electron chi connectivity index (χ4n) is 1.94. The predicted molar refractivity (Wildman–Crippen MR) is 76.4 cm³/mol. The molecule has 0 aliphatic heterocycles. The third kappa shape index (κ3) is 3.17. The molecule has 20 heavy (non-hydrogen) atoms. The average Bonchev–Trinajstić information content (AvgIpc) is 2.73. The highest BCUT2D eigenvalue weighted by atomic mass is 32.2. The summed E-state index contributed by atoms with van der Waals surface area (Å²) in [6.45, 7) is 3.88. The molecule has 6 heteroatoms. The molecule has 0 fully saturated rings. The van der Waals surface area contributed by atoms with Crippen LogP contribution in [0.1, 0.15) is 35.8 Å². The van der Waals surface area contributed by atoms with Crippen LogP contribution in [0.5, 0.6) is 0 Å². The third-order valence-corrected chi connectivity index (χ3v) is 4.69. The summed E-state index contributed by atoms with van der Waals surface area (Å²) >= 11 is 1.59. The molecule has 1 atom stereocenters. The van der Waals surface area contributed by atoms with Gasteiger partial charge in [-0.3, -0.25) is 0 Å². The van der Waals surface area contributed by atoms with E-state index in [4.69, 9.17) is 0 Å². The maximum absolute atomic E-state index is 13.8. The summed E-state index contributed by atoms with van der Waals surface area (Å²) in [5.41, 5.74) is 0.540. The molecule has 0 spiro atoms. The fourth-order valence-corrected chi connectivity index (χ4v) is 3.15. The molecule has 2 rings (SSSR count). The first-order chi connectivity index (χ1) is 9.52. The molecule has 1 heterocycles. The van der Waals surface area contributed by atoms with Gasteiger partial charge in [-0.1, -0.05) is 13.0 Å². The summed E-state index contributed by atoms with van der Waals surface area (Å²) in [5.74, 6) is 1.32. The van der Waals surface area contributed by atoms with Gasteiger partial charge in [0.25, 0.3) is 0 Å². The Balaban J connectivity index is 2.11. The molecule has 2 aromatic rings. The quantitative estimate of drug-likeness (QED) is 0.841. The van der Waals surface area contributed by atoms with Crippen molar-refractivity contribution < 1.29 is 8.78 Å². The second-order valence-electron chi connectivity index (χ2n) is 4.60. The Labute approximate surface area is 121 Å². The summed E-state index contributed by atoms with van der Waals surface area (Å²) in [6.07, 6.45) is 0.768. The number of benzene rings is 1. The minimum Gasteiger partial charge on any atom is -0.318 e. The van der Waals surface area contributed by atoms with Gasteiger partial charge in [0.2, 0.25) is 0 Å². The molecular formula is C14H17F2N3S. The van der Waals surface area contributed by atoms with Crippen LogP contribution in [0.2, 0.25) is 0 Å². The number of hydrogen-bond donors (Lipinski definition) is 0. The van der Waals surface area contributed by atoms with Crippen LogP contribution in [0.15, 0.2) is 18.2 Å². The van der Waals surface area contributed by atoms with Gasteiger partial charge in [0.05, 0.1) is 5.75 Å². The van der Waals surface area contributed by atoms with E-state index in [0.717, 1.165) is 24.1 Å². The van der Waals surface area contributed by atoms with Gasteiger partial charge >= 0.3 is 0 Å². The Hall–Kier alpha value is -1.43. The molecule has 0 amide bonds. The van der Waals surface area contributed by atoms with Crippen LogP contribution in [0.25, 0.3) is 0 Å². The van der Waals surface area contributed by atoms with E-state index < -0.39 is 11.6 Å². The SMILES string of the molecule is CC[C@@H](SCc1nnc(C)n1C)c1ccc(F)cc1F. The number of aromatic nitrogens is 3. The van der Waals surface area contributed by atoms with Gasteiger partial charge in [-0.2, -0.15) is 0 Å². The summed E-state index contributed by atoms with van der Waals surface area (Å²) in [4.78, 5) is 0. The first-order valence-corrected chi connectivity index (χ1v) is 7.49. The molecule has 0 saturated carbocycles. The molecule has 0 unspecified atom stereocenters. The highest BCUT2D eigenvalue weighted by molar-refractivity contribution is 7.98. The molecule has 1 aromatic carbocycles. The number of hydrogen-bond acceptors (Lipinski definition) is 3. The molecule has 3 nitrogen and oxygen atoms in total. The maximum atomic E-state index is 13.8. The molecule has 0 radical (unpaired) electrons. The van der Waals surface area contributed by atoms with Crippen molar-refractivity contribution in [2.45, 2.75) is 31.3 Å². The van der Waals surface area contributed by atoms with Crippen LogP contribution in [0.3, 0.4) is 0 Å². The van der Waals surface area contributed by atoms with E-state index in [9.17, 15) is 8.78 Å². The average molecular weight is 297 g/mol. The first-order valence-electron chi connectivity index (χ1n) is 6.44. The molecule has 108 valence electrons. The topological polar surface area (TPSA) is 30.7 Å². The second kappa shape index (κ2) is 6.35. The van der Waals surface area contributed by atoms with Gasteiger partial charge < -0.3 is 4.57 Å². The standard InChI is InChI=1S/C14H17F2N3S/c1-4-13(11-6-5-10(15)7-12(11)16)20-8-14-18-17-9(2)19(14)3/h5-7,13H,4,8H2,1-3H3/t13-/m1/s1. The molecule has 1 aromatic heterocycles. The van der Waals surface area contributed by atoms with Gasteiger partial charge in [0.1, 0.15) is 23.3 Å². The van der Waals surface area contributed by atoms with E-state index in [-0.39, 0.29) is 5.25 Å². The lowest BCUT2D eigenvalue weighted by atomic mass is 10.1. The van der Waals surface area contributed by atoms with Gasteiger partial charge in [-0.05, 0) is 19.4 Å². The molecule has 0 aliphatic rings. The largest absolute Gasteiger partial charge is 0.318 e. The Kier molecular flexibility index (Phi) is 4.75. The number of nitrogens with zero attached hydrogens (tertiary/aromatic N) is 3. The van der Waals surface area contributed by atoms with Gasteiger partial charge in [0.15, 0.2) is 0 Å². The van der Waals surface area contributed by atoms with Crippen LogP contribution in [-0.4, -0.2) is 14.8 Å². The Morgan fingerprint density at radius 3 is 2.60 bits per heavy atom. The molecular weight excluding hydrogens is 280 g/mol. The molecule has 0 bridgehead atoms. The van der Waals surface area contributed by atoms with E-state index >= 15 is 0 Å². The lowest BCUT2D eigenvalue weighted by Crippen LogP contribution is -2.02. The molecule has 0 saturated heterocycles. The Morgan fingerprint density at radius 1 is 1.30 bits per heavy atom.